The highest BCUT2D eigenvalue weighted by Gasteiger charge is 2.40. The van der Waals surface area contributed by atoms with Crippen LogP contribution in [0.1, 0.15) is 50.4 Å². The van der Waals surface area contributed by atoms with Gasteiger partial charge < -0.3 is 10.2 Å². The van der Waals surface area contributed by atoms with Crippen molar-refractivity contribution in [2.24, 2.45) is 5.92 Å². The molecule has 0 saturated carbocycles. The number of anilines is 2. The van der Waals surface area contributed by atoms with Crippen molar-refractivity contribution in [1.82, 2.24) is 14.7 Å². The molecule has 30 heavy (non-hydrogen) atoms. The van der Waals surface area contributed by atoms with E-state index in [0.29, 0.717) is 11.5 Å². The molecule has 2 atom stereocenters. The fourth-order valence-corrected chi connectivity index (χ4v) is 5.89. The van der Waals surface area contributed by atoms with Crippen molar-refractivity contribution in [2.45, 2.75) is 50.6 Å². The zero-order chi connectivity index (χ0) is 21.3. The highest BCUT2D eigenvalue weighted by molar-refractivity contribution is 9.10. The zero-order valence-electron chi connectivity index (χ0n) is 17.6. The number of amides is 1. The molecular weight excluding hydrogens is 462 g/mol. The average molecular weight is 490 g/mol. The lowest BCUT2D eigenvalue weighted by Crippen LogP contribution is -2.40. The molecule has 4 rings (SSSR count). The van der Waals surface area contributed by atoms with Crippen molar-refractivity contribution in [3.05, 3.63) is 40.5 Å². The van der Waals surface area contributed by atoms with Gasteiger partial charge in [0.05, 0.1) is 5.56 Å². The Labute approximate surface area is 189 Å². The number of pyridine rings is 2. The number of hydrogen-bond donors (Lipinski definition) is 2. The standard InChI is InChI=1S/C22H28BrN5OS/c1-4-30-19-9-5-8-18(26-19)24-12-6-7-15-13-22(2,3)28(14-15)20-16(21(29)27-30)10-11-17(23)25-20/h4-5,8-11,15H,6-7,12-14H2,1-3H3,(H,24,26)(H,27,29)/t15-,30?/m0/s1. The second kappa shape index (κ2) is 8.67. The van der Waals surface area contributed by atoms with Gasteiger partial charge in [0.25, 0.3) is 5.91 Å². The summed E-state index contributed by atoms with van der Waals surface area (Å²) >= 11 is 3.50. The van der Waals surface area contributed by atoms with Gasteiger partial charge in [0.1, 0.15) is 21.3 Å². The molecule has 1 saturated heterocycles. The summed E-state index contributed by atoms with van der Waals surface area (Å²) in [7, 11) is -0.599. The Morgan fingerprint density at radius 1 is 1.27 bits per heavy atom. The third kappa shape index (κ3) is 4.39. The fraction of sp³-hybridized carbons (Fsp3) is 0.455. The third-order valence-corrected chi connectivity index (χ3v) is 7.78. The maximum atomic E-state index is 13.4. The molecular formula is C22H28BrN5OS. The molecule has 0 spiro atoms. The second-order valence-corrected chi connectivity index (χ2v) is 11.0. The van der Waals surface area contributed by atoms with E-state index >= 15 is 0 Å². The topological polar surface area (TPSA) is 70.2 Å². The number of hydrogen-bond acceptors (Lipinski definition) is 5. The molecule has 2 aliphatic heterocycles. The molecule has 2 N–H and O–H groups in total. The molecule has 8 heteroatoms. The minimum Gasteiger partial charge on any atom is -0.370 e. The number of rotatable bonds is 0. The molecule has 4 bridgehead atoms. The van der Waals surface area contributed by atoms with Gasteiger partial charge in [0.2, 0.25) is 0 Å². The second-order valence-electron chi connectivity index (χ2n) is 8.43. The fourth-order valence-electron chi connectivity index (χ4n) is 4.39. The Morgan fingerprint density at radius 2 is 2.10 bits per heavy atom. The summed E-state index contributed by atoms with van der Waals surface area (Å²) in [6.07, 6.45) is 3.31. The first-order chi connectivity index (χ1) is 14.4. The molecule has 1 amide bonds. The van der Waals surface area contributed by atoms with E-state index in [4.69, 9.17) is 9.97 Å². The molecule has 0 aromatic carbocycles. The molecule has 0 aliphatic carbocycles. The Hall–Kier alpha value is -1.93. The van der Waals surface area contributed by atoms with Crippen molar-refractivity contribution in [3.63, 3.8) is 0 Å². The van der Waals surface area contributed by atoms with Gasteiger partial charge in [-0.1, -0.05) is 6.07 Å². The van der Waals surface area contributed by atoms with Crippen LogP contribution in [0.2, 0.25) is 0 Å². The maximum Gasteiger partial charge on any atom is 0.264 e. The third-order valence-electron chi connectivity index (χ3n) is 5.78. The van der Waals surface area contributed by atoms with Gasteiger partial charge in [0.15, 0.2) is 0 Å². The first-order valence-electron chi connectivity index (χ1n) is 10.4. The van der Waals surface area contributed by atoms with Crippen LogP contribution in [-0.2, 0) is 0 Å². The summed E-state index contributed by atoms with van der Waals surface area (Å²) in [4.78, 5) is 25.2. The summed E-state index contributed by atoms with van der Waals surface area (Å²) < 4.78 is 3.91. The molecule has 4 heterocycles. The van der Waals surface area contributed by atoms with E-state index in [9.17, 15) is 4.79 Å². The molecule has 6 nitrogen and oxygen atoms in total. The maximum absolute atomic E-state index is 13.4. The number of fused-ring (bicyclic) bond motifs is 6. The van der Waals surface area contributed by atoms with Gasteiger partial charge in [-0.2, -0.15) is 0 Å². The van der Waals surface area contributed by atoms with Crippen LogP contribution in [-0.4, -0.2) is 39.9 Å². The summed E-state index contributed by atoms with van der Waals surface area (Å²) in [5.41, 5.74) is 0.554. The molecule has 160 valence electrons. The lowest BCUT2D eigenvalue weighted by atomic mass is 9.93. The van der Waals surface area contributed by atoms with Crippen LogP contribution in [0.4, 0.5) is 11.6 Å². The normalized spacial score (nSPS) is 23.7. The Balaban J connectivity index is 1.78. The number of halogens is 1. The number of carbonyl (C=O) groups is 1. The first-order valence-corrected chi connectivity index (χ1v) is 12.4. The SMILES string of the molecule is C/C=S1/NC(=O)c2ccc(Br)nc2N2C[C@@H](CCCNc3cccc1n3)CC2(C)C. The van der Waals surface area contributed by atoms with Crippen LogP contribution in [0.25, 0.3) is 0 Å². The highest BCUT2D eigenvalue weighted by atomic mass is 79.9. The van der Waals surface area contributed by atoms with Gasteiger partial charge >= 0.3 is 0 Å². The highest BCUT2D eigenvalue weighted by Crippen LogP contribution is 2.40. The molecule has 2 aromatic rings. The first kappa shape index (κ1) is 21.3. The van der Waals surface area contributed by atoms with Crippen LogP contribution < -0.4 is 14.9 Å². The van der Waals surface area contributed by atoms with Crippen molar-refractivity contribution >= 4 is 49.5 Å². The average Bonchev–Trinajstić information content (AvgIpc) is 3.02. The minimum absolute atomic E-state index is 0.0532. The smallest absolute Gasteiger partial charge is 0.264 e. The van der Waals surface area contributed by atoms with Crippen LogP contribution in [0.3, 0.4) is 0 Å². The van der Waals surface area contributed by atoms with Crippen molar-refractivity contribution in [1.29, 1.82) is 0 Å². The van der Waals surface area contributed by atoms with E-state index < -0.39 is 10.7 Å². The number of nitrogens with one attached hydrogen (secondary N) is 2. The van der Waals surface area contributed by atoms with Crippen LogP contribution >= 0.6 is 26.6 Å². The van der Waals surface area contributed by atoms with E-state index in [1.165, 1.54) is 0 Å². The molecule has 0 radical (unpaired) electrons. The minimum atomic E-state index is -0.599. The number of carbonyl (C=O) groups excluding carboxylic acids is 1. The lowest BCUT2D eigenvalue weighted by Gasteiger charge is -2.33. The summed E-state index contributed by atoms with van der Waals surface area (Å²) in [5.74, 6) is 2.06. The lowest BCUT2D eigenvalue weighted by molar-refractivity contribution is 0.0984. The predicted molar refractivity (Wildman–Crippen MR) is 128 cm³/mol. The Morgan fingerprint density at radius 3 is 2.90 bits per heavy atom. The van der Waals surface area contributed by atoms with E-state index in [0.717, 1.165) is 53.6 Å². The van der Waals surface area contributed by atoms with E-state index in [-0.39, 0.29) is 11.4 Å². The van der Waals surface area contributed by atoms with Gasteiger partial charge in [-0.3, -0.25) is 9.52 Å². The number of aromatic nitrogens is 2. The number of nitrogens with zero attached hydrogens (tertiary/aromatic N) is 3. The Kier molecular flexibility index (Phi) is 6.16. The quantitative estimate of drug-likeness (QED) is 0.409. The molecule has 2 aromatic heterocycles. The zero-order valence-corrected chi connectivity index (χ0v) is 20.0. The molecule has 1 unspecified atom stereocenters. The van der Waals surface area contributed by atoms with Crippen molar-refractivity contribution < 1.29 is 4.79 Å². The van der Waals surface area contributed by atoms with E-state index in [1.54, 1.807) is 0 Å². The van der Waals surface area contributed by atoms with Crippen LogP contribution in [0.15, 0.2) is 40.0 Å². The van der Waals surface area contributed by atoms with Gasteiger partial charge in [-0.15, -0.1) is 0 Å². The Bertz CT molecular complexity index is 993. The predicted octanol–water partition coefficient (Wildman–Crippen LogP) is 4.84. The van der Waals surface area contributed by atoms with E-state index in [2.05, 4.69) is 44.7 Å². The van der Waals surface area contributed by atoms with Gasteiger partial charge in [-0.05, 0) is 102 Å². The van der Waals surface area contributed by atoms with Gasteiger partial charge in [0, 0.05) is 18.6 Å². The monoisotopic (exact) mass is 489 g/mol. The van der Waals surface area contributed by atoms with Crippen LogP contribution in [0, 0.1) is 5.92 Å². The van der Waals surface area contributed by atoms with Crippen molar-refractivity contribution in [3.8, 4) is 0 Å². The van der Waals surface area contributed by atoms with Crippen molar-refractivity contribution in [2.75, 3.05) is 23.3 Å². The summed E-state index contributed by atoms with van der Waals surface area (Å²) in [5, 5.41) is 6.28. The summed E-state index contributed by atoms with van der Waals surface area (Å²) in [6.45, 7) is 8.25. The summed E-state index contributed by atoms with van der Waals surface area (Å²) in [6, 6.07) is 9.64. The van der Waals surface area contributed by atoms with Gasteiger partial charge in [-0.25, -0.2) is 9.97 Å². The molecule has 2 aliphatic rings. The van der Waals surface area contributed by atoms with Crippen LogP contribution in [0.5, 0.6) is 0 Å². The van der Waals surface area contributed by atoms with E-state index in [1.807, 2.05) is 42.6 Å². The largest absolute Gasteiger partial charge is 0.370 e. The molecule has 1 fully saturated rings.